The minimum atomic E-state index is -0.945. The lowest BCUT2D eigenvalue weighted by Crippen LogP contribution is -2.34. The van der Waals surface area contributed by atoms with Gasteiger partial charge in [0.05, 0.1) is 11.0 Å². The van der Waals surface area contributed by atoms with E-state index >= 15 is 0 Å². The van der Waals surface area contributed by atoms with E-state index in [9.17, 15) is 10.1 Å². The van der Waals surface area contributed by atoms with Gasteiger partial charge in [-0.2, -0.15) is 5.26 Å². The lowest BCUT2D eigenvalue weighted by Gasteiger charge is -2.26. The van der Waals surface area contributed by atoms with Crippen molar-refractivity contribution in [3.8, 4) is 11.8 Å². The minimum Gasteiger partial charge on any atom is -0.469 e. The van der Waals surface area contributed by atoms with Gasteiger partial charge in [0.2, 0.25) is 0 Å². The molecular weight excluding hydrogens is 316 g/mol. The van der Waals surface area contributed by atoms with Gasteiger partial charge < -0.3 is 9.15 Å². The van der Waals surface area contributed by atoms with Crippen LogP contribution in [0.5, 0.6) is 5.75 Å². The second kappa shape index (κ2) is 5.62. The first kappa shape index (κ1) is 15.2. The Labute approximate surface area is 143 Å². The summed E-state index contributed by atoms with van der Waals surface area (Å²) in [6.45, 7) is 1.97. The number of fused-ring (bicyclic) bond motifs is 3. The first-order chi connectivity index (χ1) is 12.1. The van der Waals surface area contributed by atoms with Crippen molar-refractivity contribution in [2.45, 2.75) is 13.2 Å². The van der Waals surface area contributed by atoms with E-state index in [1.165, 1.54) is 0 Å². The van der Waals surface area contributed by atoms with Gasteiger partial charge in [-0.3, -0.25) is 5.73 Å². The van der Waals surface area contributed by atoms with E-state index in [1.807, 2.05) is 37.3 Å². The minimum absolute atomic E-state index is 0.207. The molecule has 2 aromatic carbocycles. The van der Waals surface area contributed by atoms with Gasteiger partial charge in [0, 0.05) is 5.57 Å². The number of hydrogen-bond donors (Lipinski definition) is 1. The zero-order valence-corrected chi connectivity index (χ0v) is 13.4. The largest absolute Gasteiger partial charge is 0.469 e. The van der Waals surface area contributed by atoms with Crippen molar-refractivity contribution < 1.29 is 9.15 Å². The van der Waals surface area contributed by atoms with Crippen molar-refractivity contribution in [1.29, 1.82) is 5.26 Å². The molecule has 0 saturated carbocycles. The van der Waals surface area contributed by atoms with Crippen LogP contribution in [-0.2, 0) is 0 Å². The number of rotatable bonds is 1. The Hall–Kier alpha value is -3.36. The zero-order valence-electron chi connectivity index (χ0n) is 13.4. The molecule has 0 saturated heterocycles. The van der Waals surface area contributed by atoms with Gasteiger partial charge in [0.1, 0.15) is 23.0 Å². The highest BCUT2D eigenvalue weighted by Gasteiger charge is 2.32. The Kier molecular flexibility index (Phi) is 3.41. The third kappa shape index (κ3) is 2.32. The Morgan fingerprint density at radius 1 is 1.12 bits per heavy atom. The summed E-state index contributed by atoms with van der Waals surface area (Å²) in [5.41, 5.74) is 8.65. The molecule has 1 aliphatic heterocycles. The Balaban J connectivity index is 2.12. The molecule has 5 heteroatoms. The molecule has 1 aromatic heterocycles. The van der Waals surface area contributed by atoms with Crippen LogP contribution in [0.2, 0.25) is 0 Å². The standard InChI is InChI=1S/C20H14N2O3/c1-11-6-8-12(9-7-11)16-14(10-21)19(22)25-18-13-4-2-3-5-15(13)24-20(23)17(16)18/h2-9,19H,22H2,1H3. The molecule has 1 atom stereocenters. The number of nitrogens with two attached hydrogens (primary N) is 1. The normalized spacial score (nSPS) is 16.3. The van der Waals surface area contributed by atoms with Crippen molar-refractivity contribution in [2.75, 3.05) is 0 Å². The number of nitrogens with zero attached hydrogens (tertiary/aromatic N) is 1. The van der Waals surface area contributed by atoms with Gasteiger partial charge in [0.25, 0.3) is 0 Å². The zero-order chi connectivity index (χ0) is 17.6. The molecule has 1 unspecified atom stereocenters. The molecule has 2 heterocycles. The molecule has 0 aliphatic carbocycles. The first-order valence-electron chi connectivity index (χ1n) is 7.80. The summed E-state index contributed by atoms with van der Waals surface area (Å²) in [5, 5.41) is 10.2. The third-order valence-electron chi connectivity index (χ3n) is 4.27. The summed E-state index contributed by atoms with van der Waals surface area (Å²) in [6.07, 6.45) is -0.945. The molecule has 2 N–H and O–H groups in total. The summed E-state index contributed by atoms with van der Waals surface area (Å²) < 4.78 is 11.2. The van der Waals surface area contributed by atoms with E-state index in [-0.39, 0.29) is 11.1 Å². The highest BCUT2D eigenvalue weighted by atomic mass is 16.5. The Morgan fingerprint density at radius 2 is 1.84 bits per heavy atom. The molecule has 25 heavy (non-hydrogen) atoms. The van der Waals surface area contributed by atoms with Crippen molar-refractivity contribution >= 4 is 16.5 Å². The van der Waals surface area contributed by atoms with Crippen molar-refractivity contribution in [1.82, 2.24) is 0 Å². The van der Waals surface area contributed by atoms with Gasteiger partial charge in [-0.1, -0.05) is 42.0 Å². The van der Waals surface area contributed by atoms with E-state index in [2.05, 4.69) is 6.07 Å². The summed E-state index contributed by atoms with van der Waals surface area (Å²) in [5.74, 6) is 0.355. The molecule has 5 nitrogen and oxygen atoms in total. The molecule has 122 valence electrons. The monoisotopic (exact) mass is 330 g/mol. The van der Waals surface area contributed by atoms with Crippen LogP contribution < -0.4 is 16.1 Å². The van der Waals surface area contributed by atoms with Crippen molar-refractivity contribution in [2.24, 2.45) is 5.73 Å². The molecule has 0 radical (unpaired) electrons. The molecule has 0 fully saturated rings. The molecule has 0 spiro atoms. The van der Waals surface area contributed by atoms with Gasteiger partial charge >= 0.3 is 5.63 Å². The van der Waals surface area contributed by atoms with Crippen LogP contribution in [0.25, 0.3) is 16.5 Å². The maximum absolute atomic E-state index is 12.7. The molecule has 0 bridgehead atoms. The van der Waals surface area contributed by atoms with Crippen LogP contribution in [-0.4, -0.2) is 6.23 Å². The van der Waals surface area contributed by atoms with Gasteiger partial charge in [-0.15, -0.1) is 0 Å². The van der Waals surface area contributed by atoms with Crippen LogP contribution in [0, 0.1) is 18.3 Å². The topological polar surface area (TPSA) is 89.3 Å². The van der Waals surface area contributed by atoms with E-state index in [0.717, 1.165) is 11.1 Å². The van der Waals surface area contributed by atoms with Gasteiger partial charge in [0.15, 0.2) is 6.23 Å². The number of nitriles is 1. The number of ether oxygens (including phenoxy) is 1. The maximum atomic E-state index is 12.7. The molecule has 3 aromatic rings. The van der Waals surface area contributed by atoms with Crippen LogP contribution >= 0.6 is 0 Å². The number of para-hydroxylation sites is 1. The van der Waals surface area contributed by atoms with Crippen LogP contribution in [0.1, 0.15) is 16.7 Å². The van der Waals surface area contributed by atoms with Crippen LogP contribution in [0.4, 0.5) is 0 Å². The predicted molar refractivity (Wildman–Crippen MR) is 93.9 cm³/mol. The highest BCUT2D eigenvalue weighted by Crippen LogP contribution is 2.40. The van der Waals surface area contributed by atoms with E-state index in [1.54, 1.807) is 18.2 Å². The fourth-order valence-corrected chi connectivity index (χ4v) is 3.06. The third-order valence-corrected chi connectivity index (χ3v) is 4.27. The highest BCUT2D eigenvalue weighted by molar-refractivity contribution is 5.95. The molecular formula is C20H14N2O3. The molecule has 1 aliphatic rings. The van der Waals surface area contributed by atoms with E-state index in [4.69, 9.17) is 14.9 Å². The summed E-state index contributed by atoms with van der Waals surface area (Å²) in [4.78, 5) is 12.7. The summed E-state index contributed by atoms with van der Waals surface area (Å²) >= 11 is 0. The van der Waals surface area contributed by atoms with Gasteiger partial charge in [-0.05, 0) is 24.6 Å². The summed E-state index contributed by atoms with van der Waals surface area (Å²) in [6, 6.07) is 16.7. The number of aryl methyl sites for hydroxylation is 1. The fourth-order valence-electron chi connectivity index (χ4n) is 3.06. The maximum Gasteiger partial charge on any atom is 0.348 e. The SMILES string of the molecule is Cc1ccc(C2=C(C#N)C(N)Oc3c2c(=O)oc2ccccc32)cc1. The smallest absolute Gasteiger partial charge is 0.348 e. The average Bonchev–Trinajstić information content (AvgIpc) is 2.61. The fraction of sp³-hybridized carbons (Fsp3) is 0.100. The van der Waals surface area contributed by atoms with E-state index < -0.39 is 11.9 Å². The second-order valence-electron chi connectivity index (χ2n) is 5.89. The van der Waals surface area contributed by atoms with Crippen molar-refractivity contribution in [3.05, 3.63) is 81.2 Å². The molecule has 4 rings (SSSR count). The van der Waals surface area contributed by atoms with E-state index in [0.29, 0.717) is 22.3 Å². The first-order valence-corrected chi connectivity index (χ1v) is 7.80. The van der Waals surface area contributed by atoms with Crippen LogP contribution in [0.3, 0.4) is 0 Å². The predicted octanol–water partition coefficient (Wildman–Crippen LogP) is 3.10. The van der Waals surface area contributed by atoms with Crippen molar-refractivity contribution in [3.63, 3.8) is 0 Å². The molecule has 0 amide bonds. The number of benzene rings is 2. The summed E-state index contributed by atoms with van der Waals surface area (Å²) in [7, 11) is 0. The Morgan fingerprint density at radius 3 is 2.56 bits per heavy atom. The lowest BCUT2D eigenvalue weighted by molar-refractivity contribution is 0.246. The second-order valence-corrected chi connectivity index (χ2v) is 5.89. The average molecular weight is 330 g/mol. The van der Waals surface area contributed by atoms with Gasteiger partial charge in [-0.25, -0.2) is 4.79 Å². The quantitative estimate of drug-likeness (QED) is 0.693. The lowest BCUT2D eigenvalue weighted by atomic mass is 9.90. The number of hydrogen-bond acceptors (Lipinski definition) is 5. The Bertz CT molecular complexity index is 1120. The van der Waals surface area contributed by atoms with Crippen LogP contribution in [0.15, 0.2) is 63.3 Å².